The highest BCUT2D eigenvalue weighted by atomic mass is 16.3. The highest BCUT2D eigenvalue weighted by Gasteiger charge is 2.19. The molecule has 0 radical (unpaired) electrons. The van der Waals surface area contributed by atoms with Crippen LogP contribution < -0.4 is 0 Å². The summed E-state index contributed by atoms with van der Waals surface area (Å²) in [6, 6.07) is 3.86. The molecule has 1 rings (SSSR count). The zero-order valence-electron chi connectivity index (χ0n) is 9.92. The standard InChI is InChI=1S/C12H17NO4/c1-8(2)13(5-6-14)12(17)9-3-4-10(15)11(16)7-9/h3-4,7-8,14-16H,5-6H2,1-2H3. The van der Waals surface area contributed by atoms with Crippen LogP contribution in [0.25, 0.3) is 0 Å². The quantitative estimate of drug-likeness (QED) is 0.683. The van der Waals surface area contributed by atoms with Crippen LogP contribution in [0, 0.1) is 0 Å². The second-order valence-corrected chi connectivity index (χ2v) is 4.02. The summed E-state index contributed by atoms with van der Waals surface area (Å²) in [7, 11) is 0. The Hall–Kier alpha value is -1.75. The Morgan fingerprint density at radius 2 is 1.94 bits per heavy atom. The van der Waals surface area contributed by atoms with Crippen LogP contribution in [0.1, 0.15) is 24.2 Å². The van der Waals surface area contributed by atoms with Gasteiger partial charge in [-0.2, -0.15) is 0 Å². The van der Waals surface area contributed by atoms with Crippen molar-refractivity contribution in [1.82, 2.24) is 4.90 Å². The van der Waals surface area contributed by atoms with Crippen molar-refractivity contribution in [2.24, 2.45) is 0 Å². The third-order valence-corrected chi connectivity index (χ3v) is 2.45. The first-order valence-corrected chi connectivity index (χ1v) is 5.41. The van der Waals surface area contributed by atoms with Gasteiger partial charge in [0, 0.05) is 18.2 Å². The van der Waals surface area contributed by atoms with Crippen LogP contribution in [-0.2, 0) is 0 Å². The number of benzene rings is 1. The number of hydrogen-bond acceptors (Lipinski definition) is 4. The minimum Gasteiger partial charge on any atom is -0.504 e. The first-order chi connectivity index (χ1) is 7.97. The van der Waals surface area contributed by atoms with Crippen LogP contribution in [0.15, 0.2) is 18.2 Å². The summed E-state index contributed by atoms with van der Waals surface area (Å²) in [6.07, 6.45) is 0. The molecule has 0 aliphatic heterocycles. The van der Waals surface area contributed by atoms with E-state index in [0.29, 0.717) is 0 Å². The molecule has 17 heavy (non-hydrogen) atoms. The summed E-state index contributed by atoms with van der Waals surface area (Å²) >= 11 is 0. The van der Waals surface area contributed by atoms with Gasteiger partial charge in [0.25, 0.3) is 5.91 Å². The molecule has 0 aliphatic carbocycles. The van der Waals surface area contributed by atoms with E-state index >= 15 is 0 Å². The van der Waals surface area contributed by atoms with E-state index in [1.807, 2.05) is 13.8 Å². The van der Waals surface area contributed by atoms with Gasteiger partial charge in [-0.1, -0.05) is 0 Å². The maximum absolute atomic E-state index is 12.1. The van der Waals surface area contributed by atoms with E-state index in [-0.39, 0.29) is 42.2 Å². The molecule has 0 aliphatic rings. The molecule has 5 heteroatoms. The monoisotopic (exact) mass is 239 g/mol. The van der Waals surface area contributed by atoms with Crippen LogP contribution >= 0.6 is 0 Å². The number of hydrogen-bond donors (Lipinski definition) is 3. The molecule has 0 saturated heterocycles. The second kappa shape index (κ2) is 5.54. The molecule has 0 atom stereocenters. The van der Waals surface area contributed by atoms with Crippen molar-refractivity contribution in [3.05, 3.63) is 23.8 Å². The minimum absolute atomic E-state index is 0.0504. The molecule has 1 amide bonds. The van der Waals surface area contributed by atoms with E-state index in [1.54, 1.807) is 0 Å². The molecule has 0 spiro atoms. The van der Waals surface area contributed by atoms with E-state index in [1.165, 1.54) is 23.1 Å². The zero-order chi connectivity index (χ0) is 13.0. The Bertz CT molecular complexity index is 403. The van der Waals surface area contributed by atoms with Crippen LogP contribution in [0.2, 0.25) is 0 Å². The van der Waals surface area contributed by atoms with Crippen LogP contribution in [0.5, 0.6) is 11.5 Å². The van der Waals surface area contributed by atoms with Gasteiger partial charge in [-0.3, -0.25) is 4.79 Å². The van der Waals surface area contributed by atoms with Crippen molar-refractivity contribution in [1.29, 1.82) is 0 Å². The van der Waals surface area contributed by atoms with Gasteiger partial charge in [0.1, 0.15) is 0 Å². The Kier molecular flexibility index (Phi) is 4.34. The number of nitrogens with zero attached hydrogens (tertiary/aromatic N) is 1. The minimum atomic E-state index is -0.330. The summed E-state index contributed by atoms with van der Waals surface area (Å²) < 4.78 is 0. The molecular formula is C12H17NO4. The number of aliphatic hydroxyl groups is 1. The fourth-order valence-electron chi connectivity index (χ4n) is 1.52. The summed E-state index contributed by atoms with van der Waals surface area (Å²) in [4.78, 5) is 13.6. The molecule has 0 fully saturated rings. The molecule has 94 valence electrons. The van der Waals surface area contributed by atoms with Crippen molar-refractivity contribution in [2.75, 3.05) is 13.2 Å². The number of amides is 1. The van der Waals surface area contributed by atoms with Crippen molar-refractivity contribution in [3.63, 3.8) is 0 Å². The third kappa shape index (κ3) is 3.10. The average Bonchev–Trinajstić information content (AvgIpc) is 2.28. The first-order valence-electron chi connectivity index (χ1n) is 5.41. The lowest BCUT2D eigenvalue weighted by Gasteiger charge is -2.26. The van der Waals surface area contributed by atoms with Gasteiger partial charge in [-0.25, -0.2) is 0 Å². The molecular weight excluding hydrogens is 222 g/mol. The number of carbonyl (C=O) groups excluding carboxylic acids is 1. The van der Waals surface area contributed by atoms with Gasteiger partial charge >= 0.3 is 0 Å². The molecule has 1 aromatic carbocycles. The number of phenolic OH excluding ortho intramolecular Hbond substituents is 2. The second-order valence-electron chi connectivity index (χ2n) is 4.02. The Morgan fingerprint density at radius 1 is 1.29 bits per heavy atom. The summed E-state index contributed by atoms with van der Waals surface area (Å²) in [5, 5.41) is 27.4. The molecule has 0 bridgehead atoms. The number of rotatable bonds is 4. The van der Waals surface area contributed by atoms with Gasteiger partial charge in [0.05, 0.1) is 6.61 Å². The molecule has 0 heterocycles. The summed E-state index contributed by atoms with van der Waals surface area (Å²) in [5.74, 6) is -0.882. The Balaban J connectivity index is 2.97. The normalized spacial score (nSPS) is 10.6. The van der Waals surface area contributed by atoms with Crippen LogP contribution in [-0.4, -0.2) is 45.3 Å². The van der Waals surface area contributed by atoms with E-state index in [9.17, 15) is 9.90 Å². The number of aliphatic hydroxyl groups excluding tert-OH is 1. The number of aromatic hydroxyl groups is 2. The summed E-state index contributed by atoms with van der Waals surface area (Å²) in [5.41, 5.74) is 0.280. The predicted octanol–water partition coefficient (Wildman–Crippen LogP) is 0.941. The maximum Gasteiger partial charge on any atom is 0.254 e. The first kappa shape index (κ1) is 13.3. The maximum atomic E-state index is 12.1. The van der Waals surface area contributed by atoms with Crippen molar-refractivity contribution < 1.29 is 20.1 Å². The highest BCUT2D eigenvalue weighted by Crippen LogP contribution is 2.25. The van der Waals surface area contributed by atoms with Crippen molar-refractivity contribution in [3.8, 4) is 11.5 Å². The van der Waals surface area contributed by atoms with Crippen molar-refractivity contribution in [2.45, 2.75) is 19.9 Å². The molecule has 3 N–H and O–H groups in total. The van der Waals surface area contributed by atoms with Gasteiger partial charge < -0.3 is 20.2 Å². The van der Waals surface area contributed by atoms with E-state index in [4.69, 9.17) is 10.2 Å². The molecule has 0 unspecified atom stereocenters. The number of carbonyl (C=O) groups is 1. The lowest BCUT2D eigenvalue weighted by Crippen LogP contribution is -2.38. The van der Waals surface area contributed by atoms with E-state index in [0.717, 1.165) is 0 Å². The Morgan fingerprint density at radius 3 is 2.41 bits per heavy atom. The van der Waals surface area contributed by atoms with E-state index in [2.05, 4.69) is 0 Å². The predicted molar refractivity (Wildman–Crippen MR) is 63.0 cm³/mol. The smallest absolute Gasteiger partial charge is 0.254 e. The zero-order valence-corrected chi connectivity index (χ0v) is 9.92. The largest absolute Gasteiger partial charge is 0.504 e. The van der Waals surface area contributed by atoms with Gasteiger partial charge in [-0.15, -0.1) is 0 Å². The topological polar surface area (TPSA) is 81.0 Å². The molecule has 0 saturated carbocycles. The third-order valence-electron chi connectivity index (χ3n) is 2.45. The fraction of sp³-hybridized carbons (Fsp3) is 0.417. The fourth-order valence-corrected chi connectivity index (χ4v) is 1.52. The lowest BCUT2D eigenvalue weighted by atomic mass is 10.1. The van der Waals surface area contributed by atoms with Crippen molar-refractivity contribution >= 4 is 5.91 Å². The SMILES string of the molecule is CC(C)N(CCO)C(=O)c1ccc(O)c(O)c1. The van der Waals surface area contributed by atoms with Crippen LogP contribution in [0.3, 0.4) is 0 Å². The molecule has 0 aromatic heterocycles. The van der Waals surface area contributed by atoms with Gasteiger partial charge in [-0.05, 0) is 32.0 Å². The number of phenols is 2. The lowest BCUT2D eigenvalue weighted by molar-refractivity contribution is 0.0665. The Labute approximate surface area is 99.9 Å². The van der Waals surface area contributed by atoms with Gasteiger partial charge in [0.2, 0.25) is 0 Å². The van der Waals surface area contributed by atoms with E-state index < -0.39 is 0 Å². The molecule has 1 aromatic rings. The van der Waals surface area contributed by atoms with Gasteiger partial charge in [0.15, 0.2) is 11.5 Å². The molecule has 5 nitrogen and oxygen atoms in total. The average molecular weight is 239 g/mol. The van der Waals surface area contributed by atoms with Crippen LogP contribution in [0.4, 0.5) is 0 Å². The highest BCUT2D eigenvalue weighted by molar-refractivity contribution is 5.95. The summed E-state index contributed by atoms with van der Waals surface area (Å²) in [6.45, 7) is 3.80.